The minimum absolute atomic E-state index is 0.266. The molecule has 1 atom stereocenters. The molecule has 32 heavy (non-hydrogen) atoms. The van der Waals surface area contributed by atoms with Crippen LogP contribution in [0, 0.1) is 3.57 Å². The maximum Gasteiger partial charge on any atom is 0.330 e. The number of nitrogens with one attached hydrogen (secondary N) is 1. The number of amides is 1. The van der Waals surface area contributed by atoms with E-state index in [4.69, 9.17) is 4.84 Å². The molecule has 1 N–H and O–H groups in total. The first-order valence-electron chi connectivity index (χ1n) is 10.2. The molecule has 0 spiro atoms. The molecule has 5 rings (SSSR count). The number of aromatic amines is 1. The van der Waals surface area contributed by atoms with Gasteiger partial charge in [-0.3, -0.25) is 19.1 Å². The van der Waals surface area contributed by atoms with Gasteiger partial charge in [0, 0.05) is 12.6 Å². The van der Waals surface area contributed by atoms with Gasteiger partial charge < -0.3 is 0 Å². The van der Waals surface area contributed by atoms with E-state index in [2.05, 4.69) is 11.1 Å². The summed E-state index contributed by atoms with van der Waals surface area (Å²) >= 11 is 1.87. The second-order valence-electron chi connectivity index (χ2n) is 8.51. The number of carbonyl (C=O) groups is 1. The number of hydrogen-bond acceptors (Lipinski definition) is 4. The first-order valence-corrected chi connectivity index (χ1v) is 11.3. The first-order chi connectivity index (χ1) is 15.3. The number of rotatable bonds is 2. The molecule has 162 valence electrons. The fraction of sp³-hybridized carbons (Fsp3) is 0.208. The smallest absolute Gasteiger partial charge is 0.273 e. The molecule has 1 fully saturated rings. The fourth-order valence-corrected chi connectivity index (χ4v) is 4.74. The third kappa shape index (κ3) is 3.34. The highest BCUT2D eigenvalue weighted by Gasteiger charge is 2.45. The van der Waals surface area contributed by atoms with Gasteiger partial charge in [0.05, 0.1) is 14.7 Å². The maximum atomic E-state index is 13.9. The summed E-state index contributed by atoms with van der Waals surface area (Å²) in [5.74, 6) is -0.266. The zero-order valence-corrected chi connectivity index (χ0v) is 19.6. The average Bonchev–Trinajstić information content (AvgIpc) is 3.09. The van der Waals surface area contributed by atoms with Gasteiger partial charge in [0.2, 0.25) is 0 Å². The van der Waals surface area contributed by atoms with Gasteiger partial charge in [-0.1, -0.05) is 48.5 Å². The van der Waals surface area contributed by atoms with Crippen LogP contribution in [0.4, 0.5) is 0 Å². The minimum Gasteiger partial charge on any atom is -0.273 e. The van der Waals surface area contributed by atoms with Crippen molar-refractivity contribution in [1.82, 2.24) is 14.6 Å². The largest absolute Gasteiger partial charge is 0.330 e. The summed E-state index contributed by atoms with van der Waals surface area (Å²) in [7, 11) is 0. The molecule has 3 aromatic carbocycles. The lowest BCUT2D eigenvalue weighted by atomic mass is 9.94. The molecular weight excluding hydrogens is 521 g/mol. The second-order valence-corrected chi connectivity index (χ2v) is 9.68. The number of H-pyrrole nitrogens is 1. The standard InChI is InChI=1S/C24H20IN3O4/c1-24(2)12-19(27-13-18(25)21(29)26-23(27)31)32-28(24)22(30)20-16-9-5-3-7-14(16)11-15-8-4-6-10-17(15)20/h3-11,13,19H,12H2,1-2H3,(H,26,29,31). The van der Waals surface area contributed by atoms with Crippen molar-refractivity contribution in [3.05, 3.63) is 90.8 Å². The molecule has 1 aromatic heterocycles. The van der Waals surface area contributed by atoms with E-state index >= 15 is 0 Å². The first kappa shape index (κ1) is 20.9. The van der Waals surface area contributed by atoms with Crippen LogP contribution in [0.2, 0.25) is 0 Å². The Morgan fingerprint density at radius 3 is 2.28 bits per heavy atom. The number of benzene rings is 3. The van der Waals surface area contributed by atoms with Crippen molar-refractivity contribution in [3.8, 4) is 0 Å². The fourth-order valence-electron chi connectivity index (χ4n) is 4.30. The Kier molecular flexibility index (Phi) is 4.94. The van der Waals surface area contributed by atoms with Crippen LogP contribution in [0.3, 0.4) is 0 Å². The van der Waals surface area contributed by atoms with E-state index < -0.39 is 23.0 Å². The number of hydroxylamine groups is 2. The van der Waals surface area contributed by atoms with Gasteiger partial charge in [-0.15, -0.1) is 0 Å². The third-order valence-electron chi connectivity index (χ3n) is 5.86. The van der Waals surface area contributed by atoms with Gasteiger partial charge in [-0.25, -0.2) is 14.7 Å². The molecule has 0 saturated carbocycles. The Labute approximate surface area is 196 Å². The number of aromatic nitrogens is 2. The van der Waals surface area contributed by atoms with Crippen molar-refractivity contribution in [3.63, 3.8) is 0 Å². The van der Waals surface area contributed by atoms with Crippen LogP contribution in [-0.2, 0) is 4.84 Å². The van der Waals surface area contributed by atoms with Crippen LogP contribution in [0.15, 0.2) is 70.4 Å². The Morgan fingerprint density at radius 1 is 1.06 bits per heavy atom. The number of halogens is 1. The lowest BCUT2D eigenvalue weighted by Gasteiger charge is -2.29. The Balaban J connectivity index is 1.63. The van der Waals surface area contributed by atoms with E-state index in [0.29, 0.717) is 15.6 Å². The van der Waals surface area contributed by atoms with Gasteiger partial charge in [0.15, 0.2) is 6.23 Å². The van der Waals surface area contributed by atoms with Gasteiger partial charge in [-0.05, 0) is 64.0 Å². The van der Waals surface area contributed by atoms with Crippen molar-refractivity contribution < 1.29 is 9.63 Å². The molecule has 0 aliphatic carbocycles. The molecule has 0 radical (unpaired) electrons. The summed E-state index contributed by atoms with van der Waals surface area (Å²) < 4.78 is 1.70. The van der Waals surface area contributed by atoms with Crippen LogP contribution in [0.1, 0.15) is 36.9 Å². The summed E-state index contributed by atoms with van der Waals surface area (Å²) in [6.07, 6.45) is 1.14. The topological polar surface area (TPSA) is 84.4 Å². The normalized spacial score (nSPS) is 17.8. The maximum absolute atomic E-state index is 13.9. The molecule has 7 nitrogen and oxygen atoms in total. The van der Waals surface area contributed by atoms with Gasteiger partial charge in [0.25, 0.3) is 11.5 Å². The van der Waals surface area contributed by atoms with E-state index in [9.17, 15) is 14.4 Å². The molecule has 8 heteroatoms. The molecule has 0 bridgehead atoms. The second kappa shape index (κ2) is 7.56. The van der Waals surface area contributed by atoms with Crippen LogP contribution < -0.4 is 11.2 Å². The number of fused-ring (bicyclic) bond motifs is 2. The lowest BCUT2D eigenvalue weighted by molar-refractivity contribution is -0.163. The summed E-state index contributed by atoms with van der Waals surface area (Å²) in [6.45, 7) is 3.81. The van der Waals surface area contributed by atoms with E-state index in [1.807, 2.05) is 85.0 Å². The molecule has 2 heterocycles. The molecule has 4 aromatic rings. The quantitative estimate of drug-likeness (QED) is 0.305. The van der Waals surface area contributed by atoms with Crippen LogP contribution in [0.25, 0.3) is 21.5 Å². The SMILES string of the molecule is CC1(C)CC(n2cc(I)c(=O)[nH]c2=O)ON1C(=O)c1c2ccccc2cc2ccccc12. The minimum atomic E-state index is -0.715. The number of hydrogen-bond donors (Lipinski definition) is 1. The van der Waals surface area contributed by atoms with Crippen molar-refractivity contribution in [2.75, 3.05) is 0 Å². The number of carbonyl (C=O) groups excluding carboxylic acids is 1. The molecular formula is C24H20IN3O4. The highest BCUT2D eigenvalue weighted by Crippen LogP contribution is 2.39. The van der Waals surface area contributed by atoms with Crippen molar-refractivity contribution in [1.29, 1.82) is 0 Å². The summed E-state index contributed by atoms with van der Waals surface area (Å²) in [4.78, 5) is 46.5. The van der Waals surface area contributed by atoms with Crippen LogP contribution in [0.5, 0.6) is 0 Å². The molecule has 1 aliphatic heterocycles. The van der Waals surface area contributed by atoms with Gasteiger partial charge in [-0.2, -0.15) is 0 Å². The van der Waals surface area contributed by atoms with Gasteiger partial charge in [0.1, 0.15) is 0 Å². The summed E-state index contributed by atoms with van der Waals surface area (Å²) in [5, 5.41) is 4.99. The average molecular weight is 541 g/mol. The van der Waals surface area contributed by atoms with Crippen molar-refractivity contribution in [2.45, 2.75) is 32.0 Å². The van der Waals surface area contributed by atoms with Crippen molar-refractivity contribution in [2.24, 2.45) is 0 Å². The van der Waals surface area contributed by atoms with E-state index in [-0.39, 0.29) is 5.91 Å². The van der Waals surface area contributed by atoms with Crippen molar-refractivity contribution >= 4 is 50.0 Å². The highest BCUT2D eigenvalue weighted by molar-refractivity contribution is 14.1. The molecule has 1 aliphatic rings. The zero-order valence-electron chi connectivity index (χ0n) is 17.5. The molecule has 1 saturated heterocycles. The molecule has 1 amide bonds. The van der Waals surface area contributed by atoms with Crippen LogP contribution >= 0.6 is 22.6 Å². The van der Waals surface area contributed by atoms with Crippen LogP contribution in [-0.4, -0.2) is 26.1 Å². The predicted octanol–water partition coefficient (Wildman–Crippen LogP) is 4.20. The molecule has 1 unspecified atom stereocenters. The van der Waals surface area contributed by atoms with Gasteiger partial charge >= 0.3 is 5.69 Å². The monoisotopic (exact) mass is 541 g/mol. The van der Waals surface area contributed by atoms with E-state index in [0.717, 1.165) is 21.5 Å². The number of nitrogens with zero attached hydrogens (tertiary/aromatic N) is 2. The highest BCUT2D eigenvalue weighted by atomic mass is 127. The van der Waals surface area contributed by atoms with E-state index in [1.54, 1.807) is 0 Å². The van der Waals surface area contributed by atoms with E-state index in [1.165, 1.54) is 15.8 Å². The zero-order chi connectivity index (χ0) is 22.6. The summed E-state index contributed by atoms with van der Waals surface area (Å²) in [6, 6.07) is 17.6. The Morgan fingerprint density at radius 2 is 1.66 bits per heavy atom. The summed E-state index contributed by atoms with van der Waals surface area (Å²) in [5.41, 5.74) is -1.13. The third-order valence-corrected chi connectivity index (χ3v) is 6.62. The Hall–Kier alpha value is -2.98. The predicted molar refractivity (Wildman–Crippen MR) is 130 cm³/mol. The lowest BCUT2D eigenvalue weighted by Crippen LogP contribution is -2.42. The Bertz CT molecular complexity index is 1450.